The van der Waals surface area contributed by atoms with Crippen molar-refractivity contribution < 1.29 is 9.59 Å². The van der Waals surface area contributed by atoms with Gasteiger partial charge in [-0.25, -0.2) is 0 Å². The molecule has 0 radical (unpaired) electrons. The molecule has 2 aromatic rings. The summed E-state index contributed by atoms with van der Waals surface area (Å²) in [5.41, 5.74) is 2.13. The van der Waals surface area contributed by atoms with Gasteiger partial charge in [-0.2, -0.15) is 0 Å². The Morgan fingerprint density at radius 1 is 1.09 bits per heavy atom. The van der Waals surface area contributed by atoms with Crippen LogP contribution in [0.5, 0.6) is 0 Å². The summed E-state index contributed by atoms with van der Waals surface area (Å²) in [6.45, 7) is 1.84. The van der Waals surface area contributed by atoms with Gasteiger partial charge in [-0.1, -0.05) is 29.8 Å². The van der Waals surface area contributed by atoms with Crippen LogP contribution in [0.4, 0.5) is 5.69 Å². The number of amides is 1. The highest BCUT2D eigenvalue weighted by atomic mass is 127. The molecule has 0 aliphatic carbocycles. The summed E-state index contributed by atoms with van der Waals surface area (Å²) >= 11 is 8.20. The average molecular weight is 428 g/mol. The standard InChI is InChI=1S/C17H15ClINO2/c1-11-14(18)3-2-4-15(11)20-17(22)10-9-16(21)12-5-7-13(19)8-6-12/h2-8H,9-10H2,1H3,(H,20,22). The molecule has 0 heterocycles. The Labute approximate surface area is 148 Å². The van der Waals surface area contributed by atoms with Gasteiger partial charge in [0.15, 0.2) is 5.78 Å². The van der Waals surface area contributed by atoms with Gasteiger partial charge in [0.1, 0.15) is 0 Å². The molecule has 5 heteroatoms. The molecule has 0 aliphatic heterocycles. The highest BCUT2D eigenvalue weighted by Crippen LogP contribution is 2.23. The third kappa shape index (κ3) is 4.55. The number of anilines is 1. The second-order valence-electron chi connectivity index (χ2n) is 4.89. The van der Waals surface area contributed by atoms with Crippen LogP contribution in [0.2, 0.25) is 5.02 Å². The second kappa shape index (κ2) is 7.74. The smallest absolute Gasteiger partial charge is 0.224 e. The van der Waals surface area contributed by atoms with E-state index in [-0.39, 0.29) is 24.5 Å². The van der Waals surface area contributed by atoms with Crippen molar-refractivity contribution in [3.63, 3.8) is 0 Å². The van der Waals surface area contributed by atoms with E-state index in [1.54, 1.807) is 30.3 Å². The van der Waals surface area contributed by atoms with Crippen LogP contribution in [-0.2, 0) is 4.79 Å². The molecule has 3 nitrogen and oxygen atoms in total. The summed E-state index contributed by atoms with van der Waals surface area (Å²) in [6, 6.07) is 12.7. The van der Waals surface area contributed by atoms with E-state index in [2.05, 4.69) is 27.9 Å². The van der Waals surface area contributed by atoms with Crippen LogP contribution in [0.15, 0.2) is 42.5 Å². The van der Waals surface area contributed by atoms with Crippen molar-refractivity contribution >= 4 is 51.6 Å². The van der Waals surface area contributed by atoms with E-state index < -0.39 is 0 Å². The number of carbonyl (C=O) groups is 2. The zero-order valence-corrected chi connectivity index (χ0v) is 14.9. The van der Waals surface area contributed by atoms with Gasteiger partial charge < -0.3 is 5.32 Å². The largest absolute Gasteiger partial charge is 0.326 e. The average Bonchev–Trinajstić information content (AvgIpc) is 2.50. The maximum atomic E-state index is 12.0. The van der Waals surface area contributed by atoms with Gasteiger partial charge in [0.05, 0.1) is 0 Å². The van der Waals surface area contributed by atoms with Crippen molar-refractivity contribution in [1.82, 2.24) is 0 Å². The lowest BCUT2D eigenvalue weighted by Gasteiger charge is -2.09. The molecule has 114 valence electrons. The van der Waals surface area contributed by atoms with Gasteiger partial charge in [0.2, 0.25) is 5.91 Å². The summed E-state index contributed by atoms with van der Waals surface area (Å²) < 4.78 is 1.07. The minimum Gasteiger partial charge on any atom is -0.326 e. The van der Waals surface area contributed by atoms with Crippen LogP contribution >= 0.6 is 34.2 Å². The minimum atomic E-state index is -0.191. The fourth-order valence-corrected chi connectivity index (χ4v) is 2.50. The van der Waals surface area contributed by atoms with E-state index in [0.29, 0.717) is 16.3 Å². The van der Waals surface area contributed by atoms with E-state index in [9.17, 15) is 9.59 Å². The predicted octanol–water partition coefficient (Wildman–Crippen LogP) is 4.85. The van der Waals surface area contributed by atoms with Crippen LogP contribution in [0.3, 0.4) is 0 Å². The highest BCUT2D eigenvalue weighted by molar-refractivity contribution is 14.1. The van der Waals surface area contributed by atoms with Gasteiger partial charge in [0.25, 0.3) is 0 Å². The number of benzene rings is 2. The SMILES string of the molecule is Cc1c(Cl)cccc1NC(=O)CCC(=O)c1ccc(I)cc1. The Kier molecular flexibility index (Phi) is 5.97. The number of hydrogen-bond donors (Lipinski definition) is 1. The zero-order chi connectivity index (χ0) is 16.1. The van der Waals surface area contributed by atoms with Crippen LogP contribution in [-0.4, -0.2) is 11.7 Å². The quantitative estimate of drug-likeness (QED) is 0.547. The topological polar surface area (TPSA) is 46.2 Å². The van der Waals surface area contributed by atoms with Crippen molar-refractivity contribution in [3.8, 4) is 0 Å². The molecule has 0 aliphatic rings. The second-order valence-corrected chi connectivity index (χ2v) is 6.54. The number of ketones is 1. The first kappa shape index (κ1) is 17.0. The highest BCUT2D eigenvalue weighted by Gasteiger charge is 2.11. The molecule has 2 rings (SSSR count). The normalized spacial score (nSPS) is 10.3. The Hall–Kier alpha value is -1.40. The summed E-state index contributed by atoms with van der Waals surface area (Å²) in [6.07, 6.45) is 0.336. The van der Waals surface area contributed by atoms with E-state index in [1.807, 2.05) is 19.1 Å². The summed E-state index contributed by atoms with van der Waals surface area (Å²) in [5.74, 6) is -0.224. The molecule has 0 fully saturated rings. The van der Waals surface area contributed by atoms with Crippen molar-refractivity contribution in [1.29, 1.82) is 0 Å². The first-order valence-electron chi connectivity index (χ1n) is 6.81. The van der Waals surface area contributed by atoms with Gasteiger partial charge in [-0.05, 0) is 59.3 Å². The van der Waals surface area contributed by atoms with Crippen molar-refractivity contribution in [3.05, 3.63) is 62.2 Å². The van der Waals surface area contributed by atoms with E-state index in [4.69, 9.17) is 11.6 Å². The molecule has 1 amide bonds. The number of hydrogen-bond acceptors (Lipinski definition) is 2. The van der Waals surface area contributed by atoms with Crippen LogP contribution in [0.1, 0.15) is 28.8 Å². The first-order valence-corrected chi connectivity index (χ1v) is 8.27. The lowest BCUT2D eigenvalue weighted by atomic mass is 10.1. The fourth-order valence-electron chi connectivity index (χ4n) is 1.96. The van der Waals surface area contributed by atoms with E-state index >= 15 is 0 Å². The molecule has 0 saturated carbocycles. The first-order chi connectivity index (χ1) is 10.5. The third-order valence-corrected chi connectivity index (χ3v) is 4.42. The molecule has 0 aromatic heterocycles. The maximum Gasteiger partial charge on any atom is 0.224 e. The number of Topliss-reactive ketones (excluding diaryl/α,β-unsaturated/α-hetero) is 1. The molecule has 2 aromatic carbocycles. The van der Waals surface area contributed by atoms with Gasteiger partial charge >= 0.3 is 0 Å². The zero-order valence-electron chi connectivity index (χ0n) is 12.0. The summed E-state index contributed by atoms with van der Waals surface area (Å²) in [5, 5.41) is 3.39. The Bertz CT molecular complexity index is 698. The molecule has 1 N–H and O–H groups in total. The lowest BCUT2D eigenvalue weighted by Crippen LogP contribution is -2.14. The van der Waals surface area contributed by atoms with Crippen LogP contribution < -0.4 is 5.32 Å². The van der Waals surface area contributed by atoms with Crippen LogP contribution in [0, 0.1) is 10.5 Å². The summed E-state index contributed by atoms with van der Waals surface area (Å²) in [7, 11) is 0. The molecule has 22 heavy (non-hydrogen) atoms. The van der Waals surface area contributed by atoms with E-state index in [1.165, 1.54) is 0 Å². The fraction of sp³-hybridized carbons (Fsp3) is 0.176. The minimum absolute atomic E-state index is 0.0330. The molecule has 0 saturated heterocycles. The molecule has 0 atom stereocenters. The Morgan fingerprint density at radius 2 is 1.77 bits per heavy atom. The number of halogens is 2. The summed E-state index contributed by atoms with van der Waals surface area (Å²) in [4.78, 5) is 24.0. The van der Waals surface area contributed by atoms with Crippen molar-refractivity contribution in [2.45, 2.75) is 19.8 Å². The van der Waals surface area contributed by atoms with Gasteiger partial charge in [0, 0.05) is 32.7 Å². The Morgan fingerprint density at radius 3 is 2.45 bits per heavy atom. The molecular weight excluding hydrogens is 413 g/mol. The van der Waals surface area contributed by atoms with E-state index in [0.717, 1.165) is 9.13 Å². The molecule has 0 spiro atoms. The molecule has 0 bridgehead atoms. The number of nitrogens with one attached hydrogen (secondary N) is 1. The monoisotopic (exact) mass is 427 g/mol. The number of carbonyl (C=O) groups excluding carboxylic acids is 2. The maximum absolute atomic E-state index is 12.0. The van der Waals surface area contributed by atoms with Gasteiger partial charge in [-0.3, -0.25) is 9.59 Å². The van der Waals surface area contributed by atoms with Crippen molar-refractivity contribution in [2.75, 3.05) is 5.32 Å². The number of rotatable bonds is 5. The van der Waals surface area contributed by atoms with Crippen molar-refractivity contribution in [2.24, 2.45) is 0 Å². The molecule has 0 unspecified atom stereocenters. The van der Waals surface area contributed by atoms with Crippen LogP contribution in [0.25, 0.3) is 0 Å². The third-order valence-electron chi connectivity index (χ3n) is 3.29. The van der Waals surface area contributed by atoms with Gasteiger partial charge in [-0.15, -0.1) is 0 Å². The molecular formula is C17H15ClINO2. The predicted molar refractivity (Wildman–Crippen MR) is 97.5 cm³/mol. The lowest BCUT2D eigenvalue weighted by molar-refractivity contribution is -0.116. The Balaban J connectivity index is 1.91.